The lowest BCUT2D eigenvalue weighted by atomic mass is 10.0. The Hall–Kier alpha value is -2.35. The Morgan fingerprint density at radius 3 is 2.86 bits per heavy atom. The van der Waals surface area contributed by atoms with Gasteiger partial charge in [-0.1, -0.05) is 5.16 Å². The number of aromatic nitrogens is 6. The number of ether oxygens (including phenoxy) is 1. The summed E-state index contributed by atoms with van der Waals surface area (Å²) in [5, 5.41) is 14.5. The van der Waals surface area contributed by atoms with Crippen LogP contribution in [0.3, 0.4) is 0 Å². The average molecular weight is 286 g/mol. The third kappa shape index (κ3) is 1.90. The van der Waals surface area contributed by atoms with Crippen LogP contribution in [-0.2, 0) is 10.3 Å². The molecule has 1 aliphatic carbocycles. The van der Waals surface area contributed by atoms with Crippen LogP contribution in [0.1, 0.15) is 31.5 Å². The van der Waals surface area contributed by atoms with E-state index in [0.29, 0.717) is 28.6 Å². The molecule has 1 saturated carbocycles. The Bertz CT molecular complexity index is 774. The molecule has 0 aliphatic heterocycles. The molecule has 8 nitrogen and oxygen atoms in total. The summed E-state index contributed by atoms with van der Waals surface area (Å²) >= 11 is 0. The second-order valence-electron chi connectivity index (χ2n) is 5.19. The summed E-state index contributed by atoms with van der Waals surface area (Å²) in [6.07, 6.45) is 4.05. The molecule has 0 bridgehead atoms. The van der Waals surface area contributed by atoms with E-state index in [1.54, 1.807) is 13.2 Å². The van der Waals surface area contributed by atoms with Gasteiger partial charge in [-0.05, 0) is 37.8 Å². The molecule has 0 spiro atoms. The average Bonchev–Trinajstić information content (AvgIpc) is 3.25. The Morgan fingerprint density at radius 2 is 2.05 bits per heavy atom. The van der Waals surface area contributed by atoms with E-state index in [9.17, 15) is 0 Å². The van der Waals surface area contributed by atoms with Crippen molar-refractivity contribution in [3.63, 3.8) is 0 Å². The number of methoxy groups -OCH3 is 1. The van der Waals surface area contributed by atoms with Crippen molar-refractivity contribution in [1.29, 1.82) is 0 Å². The number of hydrogen-bond donors (Lipinski definition) is 1. The SMILES string of the molecule is COC1(c2noc(-c3ccc4n[nH]nc4n3)n2)CCCC1. The summed E-state index contributed by atoms with van der Waals surface area (Å²) in [6, 6.07) is 3.60. The van der Waals surface area contributed by atoms with Gasteiger partial charge in [0.05, 0.1) is 0 Å². The summed E-state index contributed by atoms with van der Waals surface area (Å²) in [5.41, 5.74) is 1.39. The second kappa shape index (κ2) is 4.59. The van der Waals surface area contributed by atoms with Crippen LogP contribution >= 0.6 is 0 Å². The third-order valence-electron chi connectivity index (χ3n) is 4.04. The number of fused-ring (bicyclic) bond motifs is 1. The minimum absolute atomic E-state index is 0.373. The fraction of sp³-hybridized carbons (Fsp3) is 0.462. The molecule has 0 unspecified atom stereocenters. The highest BCUT2D eigenvalue weighted by atomic mass is 16.5. The van der Waals surface area contributed by atoms with Gasteiger partial charge in [0.1, 0.15) is 16.8 Å². The first-order chi connectivity index (χ1) is 10.3. The van der Waals surface area contributed by atoms with Gasteiger partial charge >= 0.3 is 0 Å². The van der Waals surface area contributed by atoms with Crippen molar-refractivity contribution in [1.82, 2.24) is 30.5 Å². The molecule has 3 heterocycles. The zero-order chi connectivity index (χ0) is 14.3. The quantitative estimate of drug-likeness (QED) is 0.783. The van der Waals surface area contributed by atoms with Crippen molar-refractivity contribution < 1.29 is 9.26 Å². The smallest absolute Gasteiger partial charge is 0.276 e. The molecule has 4 rings (SSSR count). The van der Waals surface area contributed by atoms with Crippen LogP contribution in [0.5, 0.6) is 0 Å². The van der Waals surface area contributed by atoms with E-state index in [1.807, 2.05) is 6.07 Å². The molecule has 1 aliphatic rings. The standard InChI is InChI=1S/C13H14N6O2/c1-20-13(6-2-3-7-13)12-15-11(21-18-12)9-5-4-8-10(14-9)17-19-16-8/h4-5H,2-3,6-7H2,1H3,(H,14,16,17,19). The maximum atomic E-state index is 5.66. The largest absolute Gasteiger partial charge is 0.370 e. The molecule has 1 fully saturated rings. The molecule has 0 saturated heterocycles. The van der Waals surface area contributed by atoms with Gasteiger partial charge in [-0.15, -0.1) is 5.10 Å². The van der Waals surface area contributed by atoms with Crippen LogP contribution in [0, 0.1) is 0 Å². The first-order valence-corrected chi connectivity index (χ1v) is 6.88. The van der Waals surface area contributed by atoms with Crippen LogP contribution in [-0.4, -0.2) is 37.6 Å². The zero-order valence-corrected chi connectivity index (χ0v) is 11.5. The normalized spacial score (nSPS) is 17.6. The van der Waals surface area contributed by atoms with Crippen molar-refractivity contribution in [2.24, 2.45) is 0 Å². The van der Waals surface area contributed by atoms with Gasteiger partial charge < -0.3 is 9.26 Å². The highest BCUT2D eigenvalue weighted by Gasteiger charge is 2.40. The highest BCUT2D eigenvalue weighted by Crippen LogP contribution is 2.40. The third-order valence-corrected chi connectivity index (χ3v) is 4.04. The molecular weight excluding hydrogens is 272 g/mol. The first-order valence-electron chi connectivity index (χ1n) is 6.88. The summed E-state index contributed by atoms with van der Waals surface area (Å²) in [4.78, 5) is 8.83. The molecule has 108 valence electrons. The number of nitrogens with zero attached hydrogens (tertiary/aromatic N) is 5. The molecular formula is C13H14N6O2. The topological polar surface area (TPSA) is 103 Å². The molecule has 0 amide bonds. The van der Waals surface area contributed by atoms with Gasteiger partial charge in [-0.3, -0.25) is 0 Å². The summed E-state index contributed by atoms with van der Waals surface area (Å²) < 4.78 is 11.0. The highest BCUT2D eigenvalue weighted by molar-refractivity contribution is 5.71. The Labute approximate surface area is 119 Å². The lowest BCUT2D eigenvalue weighted by Gasteiger charge is -2.22. The minimum Gasteiger partial charge on any atom is -0.370 e. The fourth-order valence-corrected chi connectivity index (χ4v) is 2.83. The predicted octanol–water partition coefficient (Wildman–Crippen LogP) is 1.82. The summed E-state index contributed by atoms with van der Waals surface area (Å²) in [6.45, 7) is 0. The van der Waals surface area contributed by atoms with Crippen molar-refractivity contribution in [3.8, 4) is 11.6 Å². The van der Waals surface area contributed by atoms with E-state index in [4.69, 9.17) is 9.26 Å². The molecule has 3 aromatic heterocycles. The van der Waals surface area contributed by atoms with Gasteiger partial charge in [0, 0.05) is 7.11 Å². The van der Waals surface area contributed by atoms with Gasteiger partial charge in [-0.25, -0.2) is 4.98 Å². The lowest BCUT2D eigenvalue weighted by Crippen LogP contribution is -2.25. The van der Waals surface area contributed by atoms with Gasteiger partial charge in [0.2, 0.25) is 11.5 Å². The number of hydrogen-bond acceptors (Lipinski definition) is 7. The molecule has 21 heavy (non-hydrogen) atoms. The van der Waals surface area contributed by atoms with Crippen LogP contribution in [0.15, 0.2) is 16.7 Å². The van der Waals surface area contributed by atoms with Crippen molar-refractivity contribution in [2.75, 3.05) is 7.11 Å². The number of aromatic amines is 1. The maximum absolute atomic E-state index is 5.66. The lowest BCUT2D eigenvalue weighted by molar-refractivity contribution is -0.0178. The van der Waals surface area contributed by atoms with Crippen LogP contribution in [0.25, 0.3) is 22.7 Å². The van der Waals surface area contributed by atoms with E-state index < -0.39 is 5.60 Å². The maximum Gasteiger partial charge on any atom is 0.276 e. The van der Waals surface area contributed by atoms with E-state index in [1.165, 1.54) is 0 Å². The van der Waals surface area contributed by atoms with Crippen molar-refractivity contribution in [3.05, 3.63) is 18.0 Å². The molecule has 0 atom stereocenters. The Balaban J connectivity index is 1.73. The second-order valence-corrected chi connectivity index (χ2v) is 5.19. The zero-order valence-electron chi connectivity index (χ0n) is 11.5. The van der Waals surface area contributed by atoms with Crippen LogP contribution in [0.2, 0.25) is 0 Å². The van der Waals surface area contributed by atoms with E-state index in [0.717, 1.165) is 25.7 Å². The molecule has 0 aromatic carbocycles. The van der Waals surface area contributed by atoms with Gasteiger partial charge in [0.25, 0.3) is 5.89 Å². The minimum atomic E-state index is -0.417. The Morgan fingerprint density at radius 1 is 1.19 bits per heavy atom. The van der Waals surface area contributed by atoms with E-state index in [2.05, 4.69) is 30.5 Å². The summed E-state index contributed by atoms with van der Waals surface area (Å²) in [5.74, 6) is 0.970. The number of pyridine rings is 1. The molecule has 0 radical (unpaired) electrons. The van der Waals surface area contributed by atoms with Crippen LogP contribution < -0.4 is 0 Å². The van der Waals surface area contributed by atoms with E-state index >= 15 is 0 Å². The van der Waals surface area contributed by atoms with Crippen molar-refractivity contribution >= 4 is 11.2 Å². The predicted molar refractivity (Wildman–Crippen MR) is 72.1 cm³/mol. The van der Waals surface area contributed by atoms with Gasteiger partial charge in [0.15, 0.2) is 0 Å². The monoisotopic (exact) mass is 286 g/mol. The van der Waals surface area contributed by atoms with Crippen molar-refractivity contribution in [2.45, 2.75) is 31.3 Å². The fourth-order valence-electron chi connectivity index (χ4n) is 2.83. The van der Waals surface area contributed by atoms with E-state index in [-0.39, 0.29) is 0 Å². The molecule has 8 heteroatoms. The van der Waals surface area contributed by atoms with Gasteiger partial charge in [-0.2, -0.15) is 15.3 Å². The summed E-state index contributed by atoms with van der Waals surface area (Å²) in [7, 11) is 1.70. The number of rotatable bonds is 3. The molecule has 1 N–H and O–H groups in total. The molecule has 3 aromatic rings. The van der Waals surface area contributed by atoms with Crippen LogP contribution in [0.4, 0.5) is 0 Å². The number of H-pyrrole nitrogens is 1. The number of nitrogens with one attached hydrogen (secondary N) is 1. The first kappa shape index (κ1) is 12.4. The Kier molecular flexibility index (Phi) is 2.71.